The summed E-state index contributed by atoms with van der Waals surface area (Å²) in [5, 5.41) is 9.24. The largest absolute Gasteiger partial charge is 0.379 e. The standard InChI is InChI=1S/C25H29FN4O6S/c1-25(24(32)28-33,37(2,34)35)7-8-30-16-27-22-14-18(4-6-20(22)23(30)31)19-5-3-17(13-21(19)26)15-29-9-11-36-12-10-29/h3-6,13-14,16,33H,7-12,15H2,1-2H3,(H,28,32). The molecule has 0 radical (unpaired) electrons. The average molecular weight is 533 g/mol. The summed E-state index contributed by atoms with van der Waals surface area (Å²) < 4.78 is 44.0. The molecule has 3 aromatic rings. The Morgan fingerprint density at radius 1 is 1.22 bits per heavy atom. The number of benzene rings is 2. The van der Waals surface area contributed by atoms with Gasteiger partial charge in [0.15, 0.2) is 14.6 Å². The van der Waals surface area contributed by atoms with E-state index in [-0.39, 0.29) is 24.2 Å². The summed E-state index contributed by atoms with van der Waals surface area (Å²) in [7, 11) is -3.90. The van der Waals surface area contributed by atoms with Gasteiger partial charge in [0.1, 0.15) is 5.82 Å². The van der Waals surface area contributed by atoms with Crippen LogP contribution >= 0.6 is 0 Å². The van der Waals surface area contributed by atoms with Crippen LogP contribution in [0.2, 0.25) is 0 Å². The molecular weight excluding hydrogens is 503 g/mol. The highest BCUT2D eigenvalue weighted by Crippen LogP contribution is 2.27. The first kappa shape index (κ1) is 26.9. The van der Waals surface area contributed by atoms with Gasteiger partial charge in [-0.1, -0.05) is 18.2 Å². The van der Waals surface area contributed by atoms with E-state index < -0.39 is 26.1 Å². The quantitative estimate of drug-likeness (QED) is 0.331. The number of rotatable bonds is 8. The minimum absolute atomic E-state index is 0.125. The Morgan fingerprint density at radius 3 is 2.59 bits per heavy atom. The van der Waals surface area contributed by atoms with Gasteiger partial charge in [-0.05, 0) is 42.7 Å². The van der Waals surface area contributed by atoms with Crippen LogP contribution in [-0.4, -0.2) is 71.3 Å². The Hall–Kier alpha value is -3.19. The maximum atomic E-state index is 15.0. The highest BCUT2D eigenvalue weighted by molar-refractivity contribution is 7.92. The Kier molecular flexibility index (Phi) is 7.74. The van der Waals surface area contributed by atoms with Crippen LogP contribution in [0.1, 0.15) is 18.9 Å². The second kappa shape index (κ2) is 10.7. The molecule has 1 unspecified atom stereocenters. The van der Waals surface area contributed by atoms with Crippen molar-refractivity contribution in [1.82, 2.24) is 19.9 Å². The minimum Gasteiger partial charge on any atom is -0.379 e. The van der Waals surface area contributed by atoms with Crippen LogP contribution in [0.4, 0.5) is 4.39 Å². The molecule has 1 atom stereocenters. The molecule has 0 aliphatic carbocycles. The zero-order valence-corrected chi connectivity index (χ0v) is 21.4. The number of hydroxylamine groups is 1. The van der Waals surface area contributed by atoms with Gasteiger partial charge in [-0.2, -0.15) is 0 Å². The predicted octanol–water partition coefficient (Wildman–Crippen LogP) is 1.73. The number of sulfone groups is 1. The Labute approximate surface area is 213 Å². The molecule has 1 aromatic heterocycles. The van der Waals surface area contributed by atoms with Crippen LogP contribution in [0.25, 0.3) is 22.0 Å². The Morgan fingerprint density at radius 2 is 1.95 bits per heavy atom. The Balaban J connectivity index is 1.57. The molecule has 0 saturated carbocycles. The SMILES string of the molecule is CC(CCn1cnc2cc(-c3ccc(CN4CCOCC4)cc3F)ccc2c1=O)(C(=O)NO)S(C)(=O)=O. The molecule has 1 fully saturated rings. The normalized spacial score (nSPS) is 16.4. The molecule has 2 aromatic carbocycles. The number of halogens is 1. The van der Waals surface area contributed by atoms with Crippen molar-refractivity contribution in [3.05, 3.63) is 64.5 Å². The van der Waals surface area contributed by atoms with Crippen molar-refractivity contribution in [1.29, 1.82) is 0 Å². The lowest BCUT2D eigenvalue weighted by atomic mass is 10.0. The second-order valence-corrected chi connectivity index (χ2v) is 11.8. The summed E-state index contributed by atoms with van der Waals surface area (Å²) in [6, 6.07) is 9.92. The first-order chi connectivity index (χ1) is 17.5. The lowest BCUT2D eigenvalue weighted by Gasteiger charge is -2.26. The first-order valence-electron chi connectivity index (χ1n) is 11.8. The van der Waals surface area contributed by atoms with Gasteiger partial charge >= 0.3 is 0 Å². The number of ether oxygens (including phenoxy) is 1. The molecule has 0 spiro atoms. The molecule has 1 saturated heterocycles. The molecule has 37 heavy (non-hydrogen) atoms. The maximum Gasteiger partial charge on any atom is 0.264 e. The number of hydrogen-bond acceptors (Lipinski definition) is 8. The summed E-state index contributed by atoms with van der Waals surface area (Å²) in [5.74, 6) is -1.46. The van der Waals surface area contributed by atoms with Crippen molar-refractivity contribution in [2.24, 2.45) is 0 Å². The van der Waals surface area contributed by atoms with Crippen LogP contribution in [0.15, 0.2) is 47.5 Å². The summed E-state index contributed by atoms with van der Waals surface area (Å²) >= 11 is 0. The second-order valence-electron chi connectivity index (χ2n) is 9.37. The molecule has 2 heterocycles. The third kappa shape index (κ3) is 5.57. The van der Waals surface area contributed by atoms with E-state index in [1.165, 1.54) is 29.4 Å². The predicted molar refractivity (Wildman–Crippen MR) is 135 cm³/mol. The van der Waals surface area contributed by atoms with Crippen molar-refractivity contribution < 1.29 is 27.5 Å². The van der Waals surface area contributed by atoms with Crippen molar-refractivity contribution in [2.45, 2.75) is 31.2 Å². The summed E-state index contributed by atoms with van der Waals surface area (Å²) in [5.41, 5.74) is 3.12. The molecule has 2 N–H and O–H groups in total. The molecule has 4 rings (SSSR count). The van der Waals surface area contributed by atoms with E-state index in [1.807, 2.05) is 6.07 Å². The number of nitrogens with one attached hydrogen (secondary N) is 1. The van der Waals surface area contributed by atoms with Gasteiger partial charge in [0.2, 0.25) is 0 Å². The number of nitrogens with zero attached hydrogens (tertiary/aromatic N) is 3. The van der Waals surface area contributed by atoms with Crippen LogP contribution in [-0.2, 0) is 32.5 Å². The number of hydrogen-bond donors (Lipinski definition) is 2. The van der Waals surface area contributed by atoms with Gasteiger partial charge in [0, 0.05) is 38.0 Å². The third-order valence-electron chi connectivity index (χ3n) is 6.91. The molecule has 1 aliphatic rings. The van der Waals surface area contributed by atoms with Crippen molar-refractivity contribution in [3.8, 4) is 11.1 Å². The summed E-state index contributed by atoms with van der Waals surface area (Å²) in [4.78, 5) is 31.6. The van der Waals surface area contributed by atoms with Gasteiger partial charge in [-0.25, -0.2) is 23.3 Å². The number of fused-ring (bicyclic) bond motifs is 1. The lowest BCUT2D eigenvalue weighted by molar-refractivity contribution is -0.131. The molecule has 1 amide bonds. The van der Waals surface area contributed by atoms with Gasteiger partial charge in [0.05, 0.1) is 30.4 Å². The van der Waals surface area contributed by atoms with Crippen molar-refractivity contribution >= 4 is 26.6 Å². The van der Waals surface area contributed by atoms with Crippen LogP contribution in [0, 0.1) is 5.82 Å². The number of carbonyl (C=O) groups excluding carboxylic acids is 1. The molecular formula is C25H29FN4O6S. The number of morpholine rings is 1. The summed E-state index contributed by atoms with van der Waals surface area (Å²) in [6.07, 6.45) is 1.89. The average Bonchev–Trinajstić information content (AvgIpc) is 2.87. The number of amides is 1. The van der Waals surface area contributed by atoms with E-state index in [0.717, 1.165) is 24.9 Å². The highest BCUT2D eigenvalue weighted by Gasteiger charge is 2.43. The first-order valence-corrected chi connectivity index (χ1v) is 13.6. The minimum atomic E-state index is -3.90. The van der Waals surface area contributed by atoms with E-state index >= 15 is 4.39 Å². The lowest BCUT2D eigenvalue weighted by Crippen LogP contribution is -2.50. The zero-order chi connectivity index (χ0) is 26.8. The van der Waals surface area contributed by atoms with Gasteiger partial charge < -0.3 is 4.74 Å². The van der Waals surface area contributed by atoms with Crippen molar-refractivity contribution in [3.63, 3.8) is 0 Å². The Bertz CT molecular complexity index is 1490. The monoisotopic (exact) mass is 532 g/mol. The zero-order valence-electron chi connectivity index (χ0n) is 20.6. The van der Waals surface area contributed by atoms with Crippen molar-refractivity contribution in [2.75, 3.05) is 32.6 Å². The number of carbonyl (C=O) groups is 1. The van der Waals surface area contributed by atoms with Crippen LogP contribution < -0.4 is 11.0 Å². The van der Waals surface area contributed by atoms with E-state index in [2.05, 4.69) is 9.88 Å². The number of aryl methyl sites for hydroxylation is 1. The molecule has 198 valence electrons. The van der Waals surface area contributed by atoms with Crippen LogP contribution in [0.3, 0.4) is 0 Å². The van der Waals surface area contributed by atoms with Gasteiger partial charge in [0.25, 0.3) is 11.5 Å². The van der Waals surface area contributed by atoms with E-state index in [0.29, 0.717) is 36.4 Å². The van der Waals surface area contributed by atoms with Gasteiger partial charge in [-0.15, -0.1) is 0 Å². The highest BCUT2D eigenvalue weighted by atomic mass is 32.2. The smallest absolute Gasteiger partial charge is 0.264 e. The molecule has 0 bridgehead atoms. The van der Waals surface area contributed by atoms with E-state index in [4.69, 9.17) is 9.94 Å². The molecule has 10 nitrogen and oxygen atoms in total. The van der Waals surface area contributed by atoms with Crippen LogP contribution in [0.5, 0.6) is 0 Å². The maximum absolute atomic E-state index is 15.0. The summed E-state index contributed by atoms with van der Waals surface area (Å²) in [6.45, 7) is 4.64. The fourth-order valence-electron chi connectivity index (χ4n) is 4.31. The molecule has 12 heteroatoms. The number of aromatic nitrogens is 2. The molecule has 1 aliphatic heterocycles. The van der Waals surface area contributed by atoms with Gasteiger partial charge in [-0.3, -0.25) is 24.3 Å². The van der Waals surface area contributed by atoms with E-state index in [1.54, 1.807) is 24.3 Å². The topological polar surface area (TPSA) is 131 Å². The fourth-order valence-corrected chi connectivity index (χ4v) is 5.16. The van der Waals surface area contributed by atoms with E-state index in [9.17, 15) is 18.0 Å². The fraction of sp³-hybridized carbons (Fsp3) is 0.400. The third-order valence-corrected chi connectivity index (χ3v) is 8.94.